The van der Waals surface area contributed by atoms with Gasteiger partial charge >= 0.3 is 6.09 Å². The molecule has 0 saturated carbocycles. The third-order valence-electron chi connectivity index (χ3n) is 1.13. The summed E-state index contributed by atoms with van der Waals surface area (Å²) in [6.45, 7) is 3.81. The number of anilines is 1. The van der Waals surface area contributed by atoms with Crippen LogP contribution in [-0.4, -0.2) is 17.9 Å². The maximum absolute atomic E-state index is 10.8. The monoisotopic (exact) mass is 170 g/mol. The predicted molar refractivity (Wildman–Crippen MR) is 41.9 cm³/mol. The first kappa shape index (κ1) is 8.58. The second kappa shape index (κ2) is 3.75. The molecule has 1 N–H and O–H groups in total. The summed E-state index contributed by atoms with van der Waals surface area (Å²) in [6.07, 6.45) is -0.522. The lowest BCUT2D eigenvalue weighted by Crippen LogP contribution is -2.13. The Balaban J connectivity index is 2.46. The van der Waals surface area contributed by atoms with Gasteiger partial charge in [-0.05, 0) is 13.8 Å². The van der Waals surface area contributed by atoms with Crippen molar-refractivity contribution in [2.45, 2.75) is 13.8 Å². The number of carbonyl (C=O) groups excluding carboxylic acids is 1. The van der Waals surface area contributed by atoms with E-state index in [1.807, 2.05) is 0 Å². The molecule has 0 atom stereocenters. The van der Waals surface area contributed by atoms with Gasteiger partial charge in [-0.2, -0.15) is 0 Å². The van der Waals surface area contributed by atoms with Crippen LogP contribution in [0, 0.1) is 6.92 Å². The fourth-order valence-corrected chi connectivity index (χ4v) is 0.697. The predicted octanol–water partition coefficient (Wildman–Crippen LogP) is 1.55. The molecule has 0 aromatic carbocycles. The van der Waals surface area contributed by atoms with Crippen LogP contribution in [0.1, 0.15) is 12.7 Å². The van der Waals surface area contributed by atoms with E-state index < -0.39 is 6.09 Å². The van der Waals surface area contributed by atoms with Gasteiger partial charge in [0, 0.05) is 6.07 Å². The zero-order chi connectivity index (χ0) is 8.97. The van der Waals surface area contributed by atoms with Crippen molar-refractivity contribution in [2.75, 3.05) is 11.9 Å². The summed E-state index contributed by atoms with van der Waals surface area (Å²) >= 11 is 0. The molecule has 0 spiro atoms. The van der Waals surface area contributed by atoms with Gasteiger partial charge in [-0.3, -0.25) is 5.32 Å². The minimum Gasteiger partial charge on any atom is -0.450 e. The normalized spacial score (nSPS) is 9.50. The summed E-state index contributed by atoms with van der Waals surface area (Å²) in [7, 11) is 0. The van der Waals surface area contributed by atoms with Crippen LogP contribution < -0.4 is 5.32 Å². The van der Waals surface area contributed by atoms with E-state index in [2.05, 4.69) is 15.2 Å². The highest BCUT2D eigenvalue weighted by molar-refractivity contribution is 5.83. The van der Waals surface area contributed by atoms with Gasteiger partial charge in [0.05, 0.1) is 6.61 Å². The van der Waals surface area contributed by atoms with E-state index in [0.29, 0.717) is 18.2 Å². The van der Waals surface area contributed by atoms with E-state index in [0.717, 1.165) is 0 Å². The number of aryl methyl sites for hydroxylation is 1. The smallest absolute Gasteiger partial charge is 0.412 e. The third-order valence-corrected chi connectivity index (χ3v) is 1.13. The summed E-state index contributed by atoms with van der Waals surface area (Å²) in [6, 6.07) is 1.61. The molecule has 1 aromatic heterocycles. The molecule has 12 heavy (non-hydrogen) atoms. The molecule has 0 fully saturated rings. The molecule has 0 unspecified atom stereocenters. The topological polar surface area (TPSA) is 64.4 Å². The Hall–Kier alpha value is -1.52. The number of aromatic nitrogens is 1. The third kappa shape index (κ3) is 2.26. The molecule has 5 nitrogen and oxygen atoms in total. The van der Waals surface area contributed by atoms with Crippen molar-refractivity contribution in [2.24, 2.45) is 0 Å². The molecule has 1 amide bonds. The minimum atomic E-state index is -0.522. The van der Waals surface area contributed by atoms with Crippen molar-refractivity contribution in [1.29, 1.82) is 0 Å². The van der Waals surface area contributed by atoms with Gasteiger partial charge in [-0.25, -0.2) is 4.79 Å². The Morgan fingerprint density at radius 2 is 2.58 bits per heavy atom. The number of carbonyl (C=O) groups is 1. The highest BCUT2D eigenvalue weighted by Gasteiger charge is 2.04. The minimum absolute atomic E-state index is 0.336. The van der Waals surface area contributed by atoms with Crippen LogP contribution in [0.15, 0.2) is 10.6 Å². The fraction of sp³-hybridized carbons (Fsp3) is 0.429. The van der Waals surface area contributed by atoms with E-state index in [1.54, 1.807) is 19.9 Å². The summed E-state index contributed by atoms with van der Waals surface area (Å²) in [5, 5.41) is 5.95. The molecule has 1 aromatic rings. The van der Waals surface area contributed by atoms with Crippen molar-refractivity contribution in [3.63, 3.8) is 0 Å². The van der Waals surface area contributed by atoms with E-state index in [4.69, 9.17) is 4.52 Å². The number of rotatable bonds is 2. The lowest BCUT2D eigenvalue weighted by Gasteiger charge is -1.99. The Labute approximate surface area is 69.7 Å². The average Bonchev–Trinajstić information content (AvgIpc) is 2.36. The lowest BCUT2D eigenvalue weighted by atomic mass is 10.5. The number of hydrogen-bond acceptors (Lipinski definition) is 4. The molecule has 1 rings (SSSR count). The molecule has 0 aliphatic rings. The number of hydrogen-bond donors (Lipinski definition) is 1. The average molecular weight is 170 g/mol. The number of amides is 1. The Kier molecular flexibility index (Phi) is 2.68. The zero-order valence-corrected chi connectivity index (χ0v) is 6.96. The molecule has 0 aliphatic carbocycles. The standard InChI is InChI=1S/C7H10N2O3/c1-3-11-7(10)8-6-4-5(2)12-9-6/h4H,3H2,1-2H3,(H,8,9,10). The van der Waals surface area contributed by atoms with Crippen molar-refractivity contribution in [3.8, 4) is 0 Å². The molecular weight excluding hydrogens is 160 g/mol. The van der Waals surface area contributed by atoms with Gasteiger partial charge in [-0.15, -0.1) is 0 Å². The SMILES string of the molecule is CCOC(=O)Nc1cc(C)on1. The first-order chi connectivity index (χ1) is 5.72. The van der Waals surface area contributed by atoms with Crippen LogP contribution in [-0.2, 0) is 4.74 Å². The second-order valence-corrected chi connectivity index (χ2v) is 2.17. The van der Waals surface area contributed by atoms with Crippen molar-refractivity contribution in [3.05, 3.63) is 11.8 Å². The van der Waals surface area contributed by atoms with Crippen LogP contribution in [0.25, 0.3) is 0 Å². The molecule has 5 heteroatoms. The van der Waals surface area contributed by atoms with E-state index in [1.165, 1.54) is 0 Å². The highest BCUT2D eigenvalue weighted by atomic mass is 16.5. The Morgan fingerprint density at radius 1 is 1.83 bits per heavy atom. The first-order valence-corrected chi connectivity index (χ1v) is 3.59. The first-order valence-electron chi connectivity index (χ1n) is 3.59. The summed E-state index contributed by atoms with van der Waals surface area (Å²) < 4.78 is 9.35. The van der Waals surface area contributed by atoms with Crippen LogP contribution in [0.4, 0.5) is 10.6 Å². The van der Waals surface area contributed by atoms with Gasteiger partial charge < -0.3 is 9.26 Å². The maximum Gasteiger partial charge on any atom is 0.412 e. The molecular formula is C7H10N2O3. The molecule has 0 saturated heterocycles. The van der Waals surface area contributed by atoms with E-state index in [9.17, 15) is 4.79 Å². The number of nitrogens with one attached hydrogen (secondary N) is 1. The largest absolute Gasteiger partial charge is 0.450 e. The van der Waals surface area contributed by atoms with Crippen molar-refractivity contribution < 1.29 is 14.1 Å². The van der Waals surface area contributed by atoms with Crippen LogP contribution in [0.2, 0.25) is 0 Å². The van der Waals surface area contributed by atoms with Crippen LogP contribution in [0.5, 0.6) is 0 Å². The zero-order valence-electron chi connectivity index (χ0n) is 6.96. The van der Waals surface area contributed by atoms with Crippen LogP contribution >= 0.6 is 0 Å². The van der Waals surface area contributed by atoms with Crippen molar-refractivity contribution >= 4 is 11.9 Å². The van der Waals surface area contributed by atoms with Gasteiger partial charge in [0.25, 0.3) is 0 Å². The molecule has 0 radical (unpaired) electrons. The summed E-state index contributed by atoms with van der Waals surface area (Å²) in [4.78, 5) is 10.8. The van der Waals surface area contributed by atoms with E-state index in [-0.39, 0.29) is 0 Å². The molecule has 0 aliphatic heterocycles. The van der Waals surface area contributed by atoms with Crippen molar-refractivity contribution in [1.82, 2.24) is 5.16 Å². The Bertz CT molecular complexity index is 269. The molecule has 0 bridgehead atoms. The van der Waals surface area contributed by atoms with Gasteiger partial charge in [-0.1, -0.05) is 5.16 Å². The molecule has 66 valence electrons. The fourth-order valence-electron chi connectivity index (χ4n) is 0.697. The Morgan fingerprint density at radius 3 is 3.08 bits per heavy atom. The van der Waals surface area contributed by atoms with E-state index >= 15 is 0 Å². The molecule has 1 heterocycles. The number of ether oxygens (including phenoxy) is 1. The quantitative estimate of drug-likeness (QED) is 0.731. The van der Waals surface area contributed by atoms with Gasteiger partial charge in [0.2, 0.25) is 0 Å². The second-order valence-electron chi connectivity index (χ2n) is 2.17. The van der Waals surface area contributed by atoms with Crippen LogP contribution in [0.3, 0.4) is 0 Å². The lowest BCUT2D eigenvalue weighted by molar-refractivity contribution is 0.167. The maximum atomic E-state index is 10.8. The number of nitrogens with zero attached hydrogens (tertiary/aromatic N) is 1. The summed E-state index contributed by atoms with van der Waals surface area (Å²) in [5.41, 5.74) is 0. The summed E-state index contributed by atoms with van der Waals surface area (Å²) in [5.74, 6) is 1.01. The highest BCUT2D eigenvalue weighted by Crippen LogP contribution is 2.06. The van der Waals surface area contributed by atoms with Gasteiger partial charge in [0.1, 0.15) is 5.76 Å². The van der Waals surface area contributed by atoms with Gasteiger partial charge in [0.15, 0.2) is 5.82 Å².